The second kappa shape index (κ2) is 11.2. The van der Waals surface area contributed by atoms with Gasteiger partial charge in [0.1, 0.15) is 22.2 Å². The summed E-state index contributed by atoms with van der Waals surface area (Å²) in [7, 11) is -3.72. The average molecular weight is 544 g/mol. The molecular formula is C24H21F4NO5S2. The number of ether oxygens (including phenoxy) is 1. The van der Waals surface area contributed by atoms with Crippen molar-refractivity contribution in [2.24, 2.45) is 0 Å². The monoisotopic (exact) mass is 543 g/mol. The lowest BCUT2D eigenvalue weighted by molar-refractivity contribution is -0.274. The number of aryl methyl sites for hydroxylation is 1. The van der Waals surface area contributed by atoms with Crippen LogP contribution >= 0.6 is 11.8 Å². The maximum atomic E-state index is 14.5. The third-order valence-electron chi connectivity index (χ3n) is 4.84. The fraction of sp³-hybridized carbons (Fsp3) is 0.208. The molecule has 3 rings (SSSR count). The number of hydrogen-bond acceptors (Lipinski definition) is 6. The molecule has 0 radical (unpaired) electrons. The largest absolute Gasteiger partial charge is 0.573 e. The molecule has 0 heterocycles. The lowest BCUT2D eigenvalue weighted by Crippen LogP contribution is -2.17. The Balaban J connectivity index is 1.53. The van der Waals surface area contributed by atoms with E-state index >= 15 is 0 Å². The van der Waals surface area contributed by atoms with Gasteiger partial charge in [0.05, 0.1) is 0 Å². The molecule has 1 amide bonds. The van der Waals surface area contributed by atoms with Gasteiger partial charge in [-0.25, -0.2) is 12.8 Å². The third kappa shape index (κ3) is 7.89. The Kier molecular flexibility index (Phi) is 8.51. The molecule has 0 bridgehead atoms. The van der Waals surface area contributed by atoms with Crippen molar-refractivity contribution in [1.82, 2.24) is 0 Å². The fourth-order valence-corrected chi connectivity index (χ4v) is 4.83. The fourth-order valence-electron chi connectivity index (χ4n) is 3.17. The van der Waals surface area contributed by atoms with Crippen LogP contribution in [0.15, 0.2) is 70.5 Å². The van der Waals surface area contributed by atoms with Crippen LogP contribution in [0.25, 0.3) is 0 Å². The van der Waals surface area contributed by atoms with E-state index in [0.29, 0.717) is 23.5 Å². The number of anilines is 1. The lowest BCUT2D eigenvalue weighted by Gasteiger charge is -2.10. The molecule has 6 nitrogen and oxygen atoms in total. The molecule has 0 spiro atoms. The summed E-state index contributed by atoms with van der Waals surface area (Å²) in [6.07, 6.45) is -2.62. The Bertz CT molecular complexity index is 1340. The highest BCUT2D eigenvalue weighted by atomic mass is 32.2. The van der Waals surface area contributed by atoms with Crippen molar-refractivity contribution in [1.29, 1.82) is 0 Å². The number of phenols is 1. The molecule has 0 saturated carbocycles. The number of thioether (sulfide) groups is 1. The number of sulfone groups is 1. The predicted octanol–water partition coefficient (Wildman–Crippen LogP) is 5.81. The summed E-state index contributed by atoms with van der Waals surface area (Å²) in [5.41, 5.74) is 0.952. The molecular weight excluding hydrogens is 522 g/mol. The summed E-state index contributed by atoms with van der Waals surface area (Å²) >= 11 is 1.23. The number of carbonyl (C=O) groups excluding carboxylic acids is 1. The Labute approximate surface area is 209 Å². The summed E-state index contributed by atoms with van der Waals surface area (Å²) in [6.45, 7) is 0. The number of alkyl halides is 3. The van der Waals surface area contributed by atoms with E-state index in [1.807, 2.05) is 0 Å². The minimum atomic E-state index is -4.74. The van der Waals surface area contributed by atoms with Gasteiger partial charge in [-0.15, -0.1) is 24.9 Å². The highest BCUT2D eigenvalue weighted by Crippen LogP contribution is 2.28. The molecule has 0 fully saturated rings. The van der Waals surface area contributed by atoms with Gasteiger partial charge in [0.25, 0.3) is 5.91 Å². The van der Waals surface area contributed by atoms with Crippen molar-refractivity contribution in [2.75, 3.05) is 17.3 Å². The summed E-state index contributed by atoms with van der Waals surface area (Å²) in [5, 5.41) is 12.2. The second-order valence-electron chi connectivity index (χ2n) is 7.70. The van der Waals surface area contributed by atoms with Gasteiger partial charge in [-0.1, -0.05) is 12.1 Å². The van der Waals surface area contributed by atoms with Crippen molar-refractivity contribution >= 4 is 33.2 Å². The maximum absolute atomic E-state index is 14.5. The summed E-state index contributed by atoms with van der Waals surface area (Å²) < 4.78 is 78.4. The highest BCUT2D eigenvalue weighted by molar-refractivity contribution is 7.99. The number of carbonyl (C=O) groups is 1. The lowest BCUT2D eigenvalue weighted by atomic mass is 10.1. The number of rotatable bonds is 9. The second-order valence-corrected chi connectivity index (χ2v) is 10.8. The minimum Gasteiger partial charge on any atom is -0.507 e. The first-order chi connectivity index (χ1) is 16.8. The van der Waals surface area contributed by atoms with E-state index in [1.165, 1.54) is 54.2 Å². The predicted molar refractivity (Wildman–Crippen MR) is 128 cm³/mol. The number of amides is 1. The van der Waals surface area contributed by atoms with Gasteiger partial charge in [-0.3, -0.25) is 4.79 Å². The molecule has 3 aromatic rings. The number of phenolic OH excluding ortho intramolecular Hbond substituents is 1. The zero-order chi connectivity index (χ0) is 26.5. The van der Waals surface area contributed by atoms with Crippen LogP contribution in [0.2, 0.25) is 0 Å². The first kappa shape index (κ1) is 27.3. The zero-order valence-corrected chi connectivity index (χ0v) is 20.4. The van der Waals surface area contributed by atoms with Crippen LogP contribution in [0.5, 0.6) is 11.5 Å². The van der Waals surface area contributed by atoms with Gasteiger partial charge in [-0.05, 0) is 72.7 Å². The standard InChI is InChI=1S/C24H21F4NO5S2/c1-36(32,33)22-14-17(7-10-20(22)30)29-23(31)16-6-11-21(19(25)13-16)35-12-2-3-15-4-8-18(9-5-15)34-24(26,27)28/h4-11,13-14,30H,2-3,12H2,1H3,(H,29,31). The number of aromatic hydroxyl groups is 1. The van der Waals surface area contributed by atoms with E-state index in [1.54, 1.807) is 0 Å². The summed E-state index contributed by atoms with van der Waals surface area (Å²) in [6, 6.07) is 13.1. The summed E-state index contributed by atoms with van der Waals surface area (Å²) in [4.78, 5) is 12.5. The molecule has 36 heavy (non-hydrogen) atoms. The van der Waals surface area contributed by atoms with Crippen LogP contribution in [0.3, 0.4) is 0 Å². The van der Waals surface area contributed by atoms with Gasteiger partial charge < -0.3 is 15.2 Å². The molecule has 0 aliphatic rings. The van der Waals surface area contributed by atoms with E-state index in [0.717, 1.165) is 30.0 Å². The van der Waals surface area contributed by atoms with Crippen molar-refractivity contribution in [3.05, 3.63) is 77.6 Å². The van der Waals surface area contributed by atoms with Crippen molar-refractivity contribution < 1.29 is 40.6 Å². The van der Waals surface area contributed by atoms with Gasteiger partial charge in [0.15, 0.2) is 9.84 Å². The number of hydrogen-bond donors (Lipinski definition) is 2. The Morgan fingerprint density at radius 3 is 2.36 bits per heavy atom. The van der Waals surface area contributed by atoms with Crippen LogP contribution in [-0.4, -0.2) is 37.8 Å². The number of nitrogens with one attached hydrogen (secondary N) is 1. The number of benzene rings is 3. The average Bonchev–Trinajstić information content (AvgIpc) is 2.78. The van der Waals surface area contributed by atoms with Gasteiger partial charge >= 0.3 is 6.36 Å². The molecule has 192 valence electrons. The van der Waals surface area contributed by atoms with E-state index in [2.05, 4.69) is 10.1 Å². The first-order valence-corrected chi connectivity index (χ1v) is 13.3. The molecule has 0 saturated heterocycles. The van der Waals surface area contributed by atoms with Crippen LogP contribution in [-0.2, 0) is 16.3 Å². The summed E-state index contributed by atoms with van der Waals surface area (Å²) in [5.74, 6) is -1.48. The minimum absolute atomic E-state index is 0.0204. The van der Waals surface area contributed by atoms with Crippen molar-refractivity contribution in [2.45, 2.75) is 29.0 Å². The molecule has 12 heteroatoms. The SMILES string of the molecule is CS(=O)(=O)c1cc(NC(=O)c2ccc(SCCCc3ccc(OC(F)(F)F)cc3)c(F)c2)ccc1O. The van der Waals surface area contributed by atoms with E-state index in [4.69, 9.17) is 0 Å². The Morgan fingerprint density at radius 1 is 1.06 bits per heavy atom. The van der Waals surface area contributed by atoms with Crippen LogP contribution in [0.4, 0.5) is 23.2 Å². The van der Waals surface area contributed by atoms with E-state index in [9.17, 15) is 35.9 Å². The van der Waals surface area contributed by atoms with Crippen molar-refractivity contribution in [3.63, 3.8) is 0 Å². The van der Waals surface area contributed by atoms with E-state index in [-0.39, 0.29) is 21.9 Å². The molecule has 0 atom stereocenters. The zero-order valence-electron chi connectivity index (χ0n) is 18.8. The van der Waals surface area contributed by atoms with E-state index < -0.39 is 33.7 Å². The highest BCUT2D eigenvalue weighted by Gasteiger charge is 2.30. The number of halogens is 4. The molecule has 0 aromatic heterocycles. The van der Waals surface area contributed by atoms with Crippen LogP contribution < -0.4 is 10.1 Å². The molecule has 0 unspecified atom stereocenters. The molecule has 2 N–H and O–H groups in total. The molecule has 0 aliphatic carbocycles. The maximum Gasteiger partial charge on any atom is 0.573 e. The van der Waals surface area contributed by atoms with Gasteiger partial charge in [0, 0.05) is 22.4 Å². The molecule has 0 aliphatic heterocycles. The Hall–Kier alpha value is -3.25. The smallest absolute Gasteiger partial charge is 0.507 e. The topological polar surface area (TPSA) is 92.7 Å². The van der Waals surface area contributed by atoms with Crippen molar-refractivity contribution in [3.8, 4) is 11.5 Å². The van der Waals surface area contributed by atoms with Crippen LogP contribution in [0, 0.1) is 5.82 Å². The quantitative estimate of drug-likeness (QED) is 0.153. The molecule has 3 aromatic carbocycles. The first-order valence-electron chi connectivity index (χ1n) is 10.4. The van der Waals surface area contributed by atoms with Gasteiger partial charge in [-0.2, -0.15) is 0 Å². The third-order valence-corrected chi connectivity index (χ3v) is 7.10. The normalized spacial score (nSPS) is 11.8. The Morgan fingerprint density at radius 2 is 1.75 bits per heavy atom. The van der Waals surface area contributed by atoms with Gasteiger partial charge in [0.2, 0.25) is 0 Å². The van der Waals surface area contributed by atoms with Crippen LogP contribution in [0.1, 0.15) is 22.3 Å².